The first-order chi connectivity index (χ1) is 7.63. The lowest BCUT2D eigenvalue weighted by Crippen LogP contribution is -2.08. The third-order valence-corrected chi connectivity index (χ3v) is 2.24. The van der Waals surface area contributed by atoms with E-state index in [-0.39, 0.29) is 18.3 Å². The van der Waals surface area contributed by atoms with E-state index in [0.29, 0.717) is 12.1 Å². The van der Waals surface area contributed by atoms with Crippen molar-refractivity contribution < 1.29 is 14.3 Å². The minimum atomic E-state index is -0.366. The van der Waals surface area contributed by atoms with Crippen LogP contribution in [0.3, 0.4) is 0 Å². The van der Waals surface area contributed by atoms with Gasteiger partial charge >= 0.3 is 0 Å². The first kappa shape index (κ1) is 12.6. The third-order valence-electron chi connectivity index (χ3n) is 2.24. The fraction of sp³-hybridized carbons (Fsp3) is 0.417. The summed E-state index contributed by atoms with van der Waals surface area (Å²) in [6.07, 6.45) is 2.24. The summed E-state index contributed by atoms with van der Waals surface area (Å²) in [6, 6.07) is 4.35. The highest BCUT2D eigenvalue weighted by Gasteiger charge is 2.05. The van der Waals surface area contributed by atoms with Crippen molar-refractivity contribution in [3.05, 3.63) is 29.6 Å². The molecule has 16 heavy (non-hydrogen) atoms. The molecule has 0 unspecified atom stereocenters. The molecule has 0 aromatic heterocycles. The molecule has 0 aliphatic carbocycles. The Balaban J connectivity index is 2.76. The number of carbonyl (C=O) groups is 1. The van der Waals surface area contributed by atoms with E-state index in [1.54, 1.807) is 6.07 Å². The summed E-state index contributed by atoms with van der Waals surface area (Å²) in [7, 11) is 0. The topological polar surface area (TPSA) is 49.3 Å². The highest BCUT2D eigenvalue weighted by atomic mass is 19.1. The van der Waals surface area contributed by atoms with Crippen LogP contribution in [-0.4, -0.2) is 17.6 Å². The lowest BCUT2D eigenvalue weighted by atomic mass is 10.1. The maximum absolute atomic E-state index is 13.0. The van der Waals surface area contributed by atoms with Crippen LogP contribution < -0.4 is 5.32 Å². The van der Waals surface area contributed by atoms with Gasteiger partial charge in [-0.15, -0.1) is 0 Å². The van der Waals surface area contributed by atoms with Gasteiger partial charge in [-0.3, -0.25) is 4.79 Å². The average Bonchev–Trinajstić information content (AvgIpc) is 2.20. The molecular weight excluding hydrogens is 209 g/mol. The van der Waals surface area contributed by atoms with E-state index < -0.39 is 0 Å². The molecule has 1 amide bonds. The fourth-order valence-electron chi connectivity index (χ4n) is 1.50. The molecule has 1 rings (SSSR count). The van der Waals surface area contributed by atoms with Gasteiger partial charge in [0.15, 0.2) is 0 Å². The van der Waals surface area contributed by atoms with Gasteiger partial charge in [-0.2, -0.15) is 0 Å². The number of nitrogens with one attached hydrogen (secondary N) is 1. The fourth-order valence-corrected chi connectivity index (χ4v) is 1.50. The number of aliphatic hydroxyl groups excluding tert-OH is 1. The van der Waals surface area contributed by atoms with E-state index in [1.807, 2.05) is 0 Å². The Morgan fingerprint density at radius 2 is 2.19 bits per heavy atom. The third kappa shape index (κ3) is 3.98. The molecule has 3 nitrogen and oxygen atoms in total. The first-order valence-corrected chi connectivity index (χ1v) is 5.30. The number of carbonyl (C=O) groups excluding carboxylic acids is 1. The lowest BCUT2D eigenvalue weighted by molar-refractivity contribution is -0.114. The van der Waals surface area contributed by atoms with Gasteiger partial charge in [0.2, 0.25) is 5.91 Å². The van der Waals surface area contributed by atoms with Gasteiger partial charge in [-0.1, -0.05) is 6.07 Å². The van der Waals surface area contributed by atoms with Crippen LogP contribution in [-0.2, 0) is 11.2 Å². The van der Waals surface area contributed by atoms with Crippen LogP contribution in [0.1, 0.15) is 25.3 Å². The molecule has 88 valence electrons. The van der Waals surface area contributed by atoms with Crippen molar-refractivity contribution in [3.63, 3.8) is 0 Å². The van der Waals surface area contributed by atoms with E-state index in [2.05, 4.69) is 5.32 Å². The van der Waals surface area contributed by atoms with Crippen LogP contribution in [0.25, 0.3) is 0 Å². The van der Waals surface area contributed by atoms with E-state index in [4.69, 9.17) is 5.11 Å². The summed E-state index contributed by atoms with van der Waals surface area (Å²) >= 11 is 0. The SMILES string of the molecule is CC(=O)Nc1cc(F)ccc1CCCCO. The Hall–Kier alpha value is -1.42. The summed E-state index contributed by atoms with van der Waals surface area (Å²) in [5.41, 5.74) is 1.41. The predicted octanol–water partition coefficient (Wildman–Crippen LogP) is 2.10. The molecule has 2 N–H and O–H groups in total. The standard InChI is InChI=1S/C12H16FNO2/c1-9(16)14-12-8-11(13)6-5-10(12)4-2-3-7-15/h5-6,8,15H,2-4,7H2,1H3,(H,14,16). The van der Waals surface area contributed by atoms with Crippen molar-refractivity contribution in [3.8, 4) is 0 Å². The Labute approximate surface area is 94.3 Å². The second-order valence-electron chi connectivity index (χ2n) is 3.66. The second-order valence-corrected chi connectivity index (χ2v) is 3.66. The summed E-state index contributed by atoms with van der Waals surface area (Å²) in [5, 5.41) is 11.3. The van der Waals surface area contributed by atoms with Crippen LogP contribution in [0, 0.1) is 5.82 Å². The van der Waals surface area contributed by atoms with Gasteiger partial charge < -0.3 is 10.4 Å². The van der Waals surface area contributed by atoms with Crippen LogP contribution >= 0.6 is 0 Å². The minimum absolute atomic E-state index is 0.149. The van der Waals surface area contributed by atoms with Gasteiger partial charge in [0.25, 0.3) is 0 Å². The molecule has 0 saturated carbocycles. The predicted molar refractivity (Wildman–Crippen MR) is 60.7 cm³/mol. The molecule has 1 aromatic rings. The molecule has 0 atom stereocenters. The Morgan fingerprint density at radius 3 is 2.81 bits per heavy atom. The second kappa shape index (κ2) is 6.23. The molecule has 0 aliphatic rings. The smallest absolute Gasteiger partial charge is 0.221 e. The number of unbranched alkanes of at least 4 members (excludes halogenated alkanes) is 1. The lowest BCUT2D eigenvalue weighted by Gasteiger charge is -2.09. The zero-order chi connectivity index (χ0) is 12.0. The average molecular weight is 225 g/mol. The number of hydrogen-bond donors (Lipinski definition) is 2. The number of anilines is 1. The highest BCUT2D eigenvalue weighted by Crippen LogP contribution is 2.19. The molecule has 4 heteroatoms. The number of aliphatic hydroxyl groups is 1. The molecule has 0 fully saturated rings. The maximum atomic E-state index is 13.0. The molecule has 0 radical (unpaired) electrons. The van der Waals surface area contributed by atoms with Crippen LogP contribution in [0.4, 0.5) is 10.1 Å². The Bertz CT molecular complexity index is 366. The number of hydrogen-bond acceptors (Lipinski definition) is 2. The van der Waals surface area contributed by atoms with E-state index in [9.17, 15) is 9.18 Å². The summed E-state index contributed by atoms with van der Waals surface area (Å²) in [4.78, 5) is 10.9. The van der Waals surface area contributed by atoms with Crippen molar-refractivity contribution in [2.24, 2.45) is 0 Å². The van der Waals surface area contributed by atoms with Crippen LogP contribution in [0.2, 0.25) is 0 Å². The number of aryl methyl sites for hydroxylation is 1. The van der Waals surface area contributed by atoms with Crippen LogP contribution in [0.15, 0.2) is 18.2 Å². The van der Waals surface area contributed by atoms with Crippen molar-refractivity contribution in [1.82, 2.24) is 0 Å². The quantitative estimate of drug-likeness (QED) is 0.754. The van der Waals surface area contributed by atoms with E-state index in [1.165, 1.54) is 19.1 Å². The molecule has 1 aromatic carbocycles. The van der Waals surface area contributed by atoms with Crippen molar-refractivity contribution in [2.45, 2.75) is 26.2 Å². The first-order valence-electron chi connectivity index (χ1n) is 5.30. The summed E-state index contributed by atoms with van der Waals surface area (Å²) in [6.45, 7) is 1.54. The maximum Gasteiger partial charge on any atom is 0.221 e. The monoisotopic (exact) mass is 225 g/mol. The van der Waals surface area contributed by atoms with Crippen molar-refractivity contribution in [1.29, 1.82) is 0 Å². The van der Waals surface area contributed by atoms with Gasteiger partial charge in [0.1, 0.15) is 5.82 Å². The number of benzene rings is 1. The van der Waals surface area contributed by atoms with Crippen LogP contribution in [0.5, 0.6) is 0 Å². The summed E-state index contributed by atoms with van der Waals surface area (Å²) < 4.78 is 13.0. The van der Waals surface area contributed by atoms with E-state index in [0.717, 1.165) is 18.4 Å². The molecule has 0 bridgehead atoms. The number of amides is 1. The molecule has 0 spiro atoms. The highest BCUT2D eigenvalue weighted by molar-refractivity contribution is 5.89. The Kier molecular flexibility index (Phi) is 4.92. The van der Waals surface area contributed by atoms with Gasteiger partial charge in [-0.05, 0) is 37.0 Å². The summed E-state index contributed by atoms with van der Waals surface area (Å²) in [5.74, 6) is -0.580. The molecule has 0 aliphatic heterocycles. The minimum Gasteiger partial charge on any atom is -0.396 e. The normalized spacial score (nSPS) is 10.2. The van der Waals surface area contributed by atoms with Crippen molar-refractivity contribution in [2.75, 3.05) is 11.9 Å². The van der Waals surface area contributed by atoms with Gasteiger partial charge in [-0.25, -0.2) is 4.39 Å². The van der Waals surface area contributed by atoms with E-state index >= 15 is 0 Å². The zero-order valence-electron chi connectivity index (χ0n) is 9.29. The molecular formula is C12H16FNO2. The zero-order valence-corrected chi connectivity index (χ0v) is 9.29. The molecule has 0 heterocycles. The number of halogens is 1. The van der Waals surface area contributed by atoms with Gasteiger partial charge in [0.05, 0.1) is 0 Å². The Morgan fingerprint density at radius 1 is 1.44 bits per heavy atom. The van der Waals surface area contributed by atoms with Gasteiger partial charge in [0, 0.05) is 19.2 Å². The number of rotatable bonds is 5. The molecule has 0 saturated heterocycles. The van der Waals surface area contributed by atoms with Crippen molar-refractivity contribution >= 4 is 11.6 Å². The largest absolute Gasteiger partial charge is 0.396 e.